The van der Waals surface area contributed by atoms with E-state index >= 15 is 0 Å². The molecule has 3 aromatic rings. The maximum Gasteiger partial charge on any atom is 0.239 e. The molecule has 5 rings (SSSR count). The van der Waals surface area contributed by atoms with E-state index in [1.165, 1.54) is 0 Å². The van der Waals surface area contributed by atoms with Gasteiger partial charge in [0.1, 0.15) is 0 Å². The number of anilines is 1. The molecule has 1 saturated heterocycles. The maximum absolute atomic E-state index is 12.5. The van der Waals surface area contributed by atoms with Crippen molar-refractivity contribution in [2.75, 3.05) is 32.1 Å². The van der Waals surface area contributed by atoms with Crippen LogP contribution in [0.4, 0.5) is 5.82 Å². The first-order valence-corrected chi connectivity index (χ1v) is 12.3. The van der Waals surface area contributed by atoms with Crippen LogP contribution >= 0.6 is 0 Å². The largest absolute Gasteiger partial charge is 0.481 e. The lowest BCUT2D eigenvalue weighted by molar-refractivity contribution is -0.121. The van der Waals surface area contributed by atoms with E-state index in [1.54, 1.807) is 19.4 Å². The average molecular weight is 479 g/mol. The van der Waals surface area contributed by atoms with Gasteiger partial charge in [-0.05, 0) is 50.8 Å². The number of hydrogen-bond donors (Lipinski definition) is 3. The van der Waals surface area contributed by atoms with Gasteiger partial charge in [-0.1, -0.05) is 11.6 Å². The molecule has 3 heterocycles. The molecule has 0 spiro atoms. The third kappa shape index (κ3) is 4.83. The number of hydrogen-bond acceptors (Lipinski definition) is 7. The molecule has 1 aliphatic carbocycles. The van der Waals surface area contributed by atoms with Crippen molar-refractivity contribution in [2.45, 2.75) is 50.3 Å². The second-order valence-corrected chi connectivity index (χ2v) is 9.92. The van der Waals surface area contributed by atoms with Crippen LogP contribution < -0.4 is 15.4 Å². The van der Waals surface area contributed by atoms with Crippen LogP contribution in [0.25, 0.3) is 10.9 Å². The smallest absolute Gasteiger partial charge is 0.239 e. The van der Waals surface area contributed by atoms with Crippen LogP contribution in [0, 0.1) is 6.92 Å². The summed E-state index contributed by atoms with van der Waals surface area (Å²) >= 11 is 0. The monoisotopic (exact) mass is 478 g/mol. The van der Waals surface area contributed by atoms with Gasteiger partial charge in [0.25, 0.3) is 0 Å². The van der Waals surface area contributed by atoms with E-state index in [0.29, 0.717) is 24.8 Å². The number of rotatable bonds is 7. The predicted octanol–water partition coefficient (Wildman–Crippen LogP) is 2.33. The van der Waals surface area contributed by atoms with Gasteiger partial charge >= 0.3 is 0 Å². The average Bonchev–Trinajstić information content (AvgIpc) is 3.15. The minimum absolute atomic E-state index is 0.0221. The molecule has 1 saturated carbocycles. The number of fused-ring (bicyclic) bond motifs is 1. The van der Waals surface area contributed by atoms with Gasteiger partial charge in [-0.2, -0.15) is 5.10 Å². The zero-order valence-electron chi connectivity index (χ0n) is 20.6. The Balaban J connectivity index is 1.07. The lowest BCUT2D eigenvalue weighted by Crippen LogP contribution is -2.63. The number of carbonyl (C=O) groups is 1. The van der Waals surface area contributed by atoms with Gasteiger partial charge in [-0.25, -0.2) is 4.98 Å². The first-order valence-electron chi connectivity index (χ1n) is 12.3. The van der Waals surface area contributed by atoms with Gasteiger partial charge in [0.05, 0.1) is 30.8 Å². The quantitative estimate of drug-likeness (QED) is 0.479. The van der Waals surface area contributed by atoms with Crippen molar-refractivity contribution in [1.29, 1.82) is 0 Å². The van der Waals surface area contributed by atoms with Crippen LogP contribution in [0.2, 0.25) is 0 Å². The Morgan fingerprint density at radius 1 is 1.23 bits per heavy atom. The molecule has 35 heavy (non-hydrogen) atoms. The van der Waals surface area contributed by atoms with Crippen molar-refractivity contribution in [1.82, 2.24) is 25.0 Å². The minimum atomic E-state index is -0.825. The third-order valence-electron chi connectivity index (χ3n) is 7.48. The molecule has 186 valence electrons. The van der Waals surface area contributed by atoms with E-state index in [0.717, 1.165) is 53.8 Å². The Kier molecular flexibility index (Phi) is 6.37. The Bertz CT molecular complexity index is 1190. The molecule has 9 heteroatoms. The highest BCUT2D eigenvalue weighted by Gasteiger charge is 2.40. The molecule has 9 nitrogen and oxygen atoms in total. The summed E-state index contributed by atoms with van der Waals surface area (Å²) in [4.78, 5) is 19.2. The molecule has 3 N–H and O–H groups in total. The second kappa shape index (κ2) is 9.47. The minimum Gasteiger partial charge on any atom is -0.481 e. The fourth-order valence-electron chi connectivity index (χ4n) is 5.37. The Morgan fingerprint density at radius 2 is 2.00 bits per heavy atom. The SMILES string of the molecule is COc1ccc([C@]2(O)CC[C@H](N3CC(NC(=O)CNc4nn(C)c5ccc(C)cc45)C3)CC2)cn1. The number of aryl methyl sites for hydroxylation is 2. The summed E-state index contributed by atoms with van der Waals surface area (Å²) in [6.07, 6.45) is 4.99. The Morgan fingerprint density at radius 3 is 2.69 bits per heavy atom. The standard InChI is InChI=1S/C26H34N6O3/c1-17-4-6-22-21(12-17)25(30-31(22)2)28-14-23(33)29-19-15-32(16-19)20-8-10-26(34,11-9-20)18-5-7-24(35-3)27-13-18/h4-7,12-13,19-20,34H,8-11,14-16H2,1-3H3,(H,28,30)(H,29,33)/t20-,26-. The summed E-state index contributed by atoms with van der Waals surface area (Å²) in [5.41, 5.74) is 2.23. The third-order valence-corrected chi connectivity index (χ3v) is 7.48. The predicted molar refractivity (Wildman–Crippen MR) is 134 cm³/mol. The molecule has 2 aromatic heterocycles. The summed E-state index contributed by atoms with van der Waals surface area (Å²) in [5.74, 6) is 1.27. The number of nitrogens with one attached hydrogen (secondary N) is 2. The summed E-state index contributed by atoms with van der Waals surface area (Å²) in [5, 5.41) is 23.0. The lowest BCUT2D eigenvalue weighted by Gasteiger charge is -2.48. The molecular weight excluding hydrogens is 444 g/mol. The van der Waals surface area contributed by atoms with E-state index < -0.39 is 5.60 Å². The van der Waals surface area contributed by atoms with Crippen molar-refractivity contribution in [3.05, 3.63) is 47.7 Å². The van der Waals surface area contributed by atoms with Crippen molar-refractivity contribution in [2.24, 2.45) is 7.05 Å². The maximum atomic E-state index is 12.5. The molecular formula is C26H34N6O3. The fourth-order valence-corrected chi connectivity index (χ4v) is 5.37. The zero-order valence-corrected chi connectivity index (χ0v) is 20.6. The van der Waals surface area contributed by atoms with Gasteiger partial charge in [-0.15, -0.1) is 0 Å². The summed E-state index contributed by atoms with van der Waals surface area (Å²) in [6.45, 7) is 3.95. The van der Waals surface area contributed by atoms with E-state index in [4.69, 9.17) is 4.74 Å². The second-order valence-electron chi connectivity index (χ2n) is 9.92. The molecule has 1 aliphatic heterocycles. The number of methoxy groups -OCH3 is 1. The molecule has 0 unspecified atom stereocenters. The molecule has 1 aromatic carbocycles. The fraction of sp³-hybridized carbons (Fsp3) is 0.500. The number of nitrogens with zero attached hydrogens (tertiary/aromatic N) is 4. The Labute approximate surface area is 205 Å². The highest BCUT2D eigenvalue weighted by Crippen LogP contribution is 2.39. The summed E-state index contributed by atoms with van der Waals surface area (Å²) in [6, 6.07) is 10.5. The van der Waals surface area contributed by atoms with Crippen LogP contribution in [0.15, 0.2) is 36.5 Å². The number of likely N-dealkylation sites (tertiary alicyclic amines) is 1. The van der Waals surface area contributed by atoms with Crippen LogP contribution in [0.5, 0.6) is 5.88 Å². The molecule has 1 amide bonds. The van der Waals surface area contributed by atoms with Crippen molar-refractivity contribution in [3.63, 3.8) is 0 Å². The first-order chi connectivity index (χ1) is 16.8. The Hall–Kier alpha value is -3.17. The van der Waals surface area contributed by atoms with Gasteiger partial charge < -0.3 is 20.5 Å². The number of amides is 1. The number of aromatic nitrogens is 3. The zero-order chi connectivity index (χ0) is 24.6. The number of aliphatic hydroxyl groups is 1. The van der Waals surface area contributed by atoms with E-state index in [-0.39, 0.29) is 18.5 Å². The van der Waals surface area contributed by atoms with Crippen LogP contribution in [0.1, 0.15) is 36.8 Å². The van der Waals surface area contributed by atoms with E-state index in [2.05, 4.69) is 44.7 Å². The van der Waals surface area contributed by atoms with Crippen molar-refractivity contribution in [3.8, 4) is 5.88 Å². The number of benzene rings is 1. The molecule has 0 radical (unpaired) electrons. The van der Waals surface area contributed by atoms with E-state index in [1.807, 2.05) is 23.9 Å². The van der Waals surface area contributed by atoms with Crippen LogP contribution in [0.3, 0.4) is 0 Å². The van der Waals surface area contributed by atoms with Crippen LogP contribution in [-0.4, -0.2) is 69.5 Å². The van der Waals surface area contributed by atoms with E-state index in [9.17, 15) is 9.90 Å². The van der Waals surface area contributed by atoms with Crippen LogP contribution in [-0.2, 0) is 17.4 Å². The number of carbonyl (C=O) groups excluding carboxylic acids is 1. The summed E-state index contributed by atoms with van der Waals surface area (Å²) in [7, 11) is 3.50. The highest BCUT2D eigenvalue weighted by molar-refractivity contribution is 5.92. The topological polar surface area (TPSA) is 105 Å². The normalized spacial score (nSPS) is 23.1. The molecule has 0 bridgehead atoms. The summed E-state index contributed by atoms with van der Waals surface area (Å²) < 4.78 is 6.95. The van der Waals surface area contributed by atoms with Gasteiger partial charge in [0, 0.05) is 49.4 Å². The molecule has 2 aliphatic rings. The van der Waals surface area contributed by atoms with Gasteiger partial charge in [0.2, 0.25) is 11.8 Å². The lowest BCUT2D eigenvalue weighted by atomic mass is 9.77. The molecule has 0 atom stereocenters. The number of pyridine rings is 1. The van der Waals surface area contributed by atoms with Gasteiger partial charge in [0.15, 0.2) is 5.82 Å². The van der Waals surface area contributed by atoms with Crippen molar-refractivity contribution >= 4 is 22.6 Å². The number of ether oxygens (including phenoxy) is 1. The highest BCUT2D eigenvalue weighted by atomic mass is 16.5. The first kappa shape index (κ1) is 23.6. The van der Waals surface area contributed by atoms with Crippen molar-refractivity contribution < 1.29 is 14.6 Å². The molecule has 2 fully saturated rings. The van der Waals surface area contributed by atoms with Gasteiger partial charge in [-0.3, -0.25) is 14.4 Å².